The van der Waals surface area contributed by atoms with Gasteiger partial charge in [0.05, 0.1) is 6.61 Å². The van der Waals surface area contributed by atoms with Crippen molar-refractivity contribution in [2.24, 2.45) is 0 Å². The average Bonchev–Trinajstić information content (AvgIpc) is 3.40. The summed E-state index contributed by atoms with van der Waals surface area (Å²) in [6, 6.07) is 15.1. The minimum absolute atomic E-state index is 0.0898. The van der Waals surface area contributed by atoms with Crippen LogP contribution in [0, 0.1) is 0 Å². The summed E-state index contributed by atoms with van der Waals surface area (Å²) in [4.78, 5) is 36.8. The van der Waals surface area contributed by atoms with E-state index in [1.54, 1.807) is 6.92 Å². The van der Waals surface area contributed by atoms with Crippen LogP contribution in [0.2, 0.25) is 0 Å². The first kappa shape index (κ1) is 21.8. The smallest absolute Gasteiger partial charge is 0.407 e. The molecule has 0 saturated carbocycles. The third-order valence-corrected chi connectivity index (χ3v) is 6.15. The summed E-state index contributed by atoms with van der Waals surface area (Å²) in [5.41, 5.74) is 2.97. The van der Waals surface area contributed by atoms with E-state index in [2.05, 4.69) is 22.8 Å². The molecule has 2 amide bonds. The predicted octanol–water partition coefficient (Wildman–Crippen LogP) is 2.66. The summed E-state index contributed by atoms with van der Waals surface area (Å²) < 4.78 is 10.7. The lowest BCUT2D eigenvalue weighted by molar-refractivity contribution is -0.148. The monoisotopic (exact) mass is 438 g/mol. The van der Waals surface area contributed by atoms with Gasteiger partial charge in [0.15, 0.2) is 5.54 Å². The number of amides is 2. The van der Waals surface area contributed by atoms with Gasteiger partial charge in [-0.05, 0) is 28.7 Å². The van der Waals surface area contributed by atoms with Crippen LogP contribution in [0.4, 0.5) is 4.79 Å². The van der Waals surface area contributed by atoms with Crippen LogP contribution < -0.4 is 10.6 Å². The number of hydrogen-bond donors (Lipinski definition) is 3. The number of nitrogens with one attached hydrogen (secondary N) is 2. The number of carbonyl (C=O) groups is 3. The number of ether oxygens (including phenoxy) is 2. The van der Waals surface area contributed by atoms with E-state index in [0.29, 0.717) is 0 Å². The molecule has 2 aromatic rings. The first-order valence-electron chi connectivity index (χ1n) is 10.7. The van der Waals surface area contributed by atoms with Crippen molar-refractivity contribution in [3.05, 3.63) is 59.7 Å². The van der Waals surface area contributed by atoms with Crippen molar-refractivity contribution in [2.75, 3.05) is 19.8 Å². The number of rotatable bonds is 7. The lowest BCUT2D eigenvalue weighted by atomic mass is 9.98. The van der Waals surface area contributed by atoms with Crippen LogP contribution in [0.3, 0.4) is 0 Å². The zero-order chi connectivity index (χ0) is 22.7. The molecule has 4 rings (SSSR count). The first-order chi connectivity index (χ1) is 15.4. The van der Waals surface area contributed by atoms with Gasteiger partial charge >= 0.3 is 12.1 Å². The molecule has 1 fully saturated rings. The molecule has 8 heteroatoms. The Morgan fingerprint density at radius 1 is 1.12 bits per heavy atom. The van der Waals surface area contributed by atoms with E-state index >= 15 is 0 Å². The summed E-state index contributed by atoms with van der Waals surface area (Å²) in [6.45, 7) is 2.01. The SMILES string of the molecule is CCC(NC(=O)OCC1c2ccccc2-c2ccccc21)C(=O)NC1(C(=O)O)CCOC1. The van der Waals surface area contributed by atoms with Gasteiger partial charge in [0.25, 0.3) is 0 Å². The fraction of sp³-hybridized carbons (Fsp3) is 0.375. The number of carbonyl (C=O) groups excluding carboxylic acids is 2. The maximum atomic E-state index is 12.7. The number of carboxylic acid groups (broad SMARTS) is 1. The lowest BCUT2D eigenvalue weighted by Gasteiger charge is -2.26. The van der Waals surface area contributed by atoms with Crippen molar-refractivity contribution >= 4 is 18.0 Å². The topological polar surface area (TPSA) is 114 Å². The molecule has 0 radical (unpaired) electrons. The van der Waals surface area contributed by atoms with Crippen LogP contribution in [0.1, 0.15) is 36.8 Å². The van der Waals surface area contributed by atoms with Gasteiger partial charge in [-0.1, -0.05) is 55.5 Å². The standard InChI is InChI=1S/C24H26N2O6/c1-2-20(21(27)26-24(22(28)29)11-12-31-14-24)25-23(30)32-13-19-17-9-5-3-7-15(17)16-8-4-6-10-18(16)19/h3-10,19-20H,2,11-14H2,1H3,(H,25,30)(H,26,27)(H,28,29). The van der Waals surface area contributed by atoms with Crippen LogP contribution in [-0.4, -0.2) is 54.5 Å². The summed E-state index contributed by atoms with van der Waals surface area (Å²) >= 11 is 0. The largest absolute Gasteiger partial charge is 0.479 e. The fourth-order valence-corrected chi connectivity index (χ4v) is 4.34. The lowest BCUT2D eigenvalue weighted by Crippen LogP contribution is -2.59. The van der Waals surface area contributed by atoms with E-state index in [1.165, 1.54) is 0 Å². The molecule has 168 valence electrons. The molecule has 0 spiro atoms. The van der Waals surface area contributed by atoms with E-state index in [0.717, 1.165) is 22.3 Å². The molecule has 1 aliphatic heterocycles. The van der Waals surface area contributed by atoms with Crippen molar-refractivity contribution in [3.63, 3.8) is 0 Å². The summed E-state index contributed by atoms with van der Waals surface area (Å²) in [5.74, 6) is -1.82. The van der Waals surface area contributed by atoms with E-state index < -0.39 is 29.6 Å². The molecule has 1 aliphatic carbocycles. The third kappa shape index (κ3) is 4.05. The van der Waals surface area contributed by atoms with Crippen LogP contribution in [-0.2, 0) is 19.1 Å². The molecular formula is C24H26N2O6. The highest BCUT2D eigenvalue weighted by Gasteiger charge is 2.45. The minimum atomic E-state index is -1.46. The normalized spacial score (nSPS) is 20.2. The molecule has 32 heavy (non-hydrogen) atoms. The quantitative estimate of drug-likeness (QED) is 0.612. The van der Waals surface area contributed by atoms with Gasteiger partial charge < -0.3 is 25.2 Å². The second-order valence-electron chi connectivity index (χ2n) is 8.11. The Balaban J connectivity index is 1.39. The van der Waals surface area contributed by atoms with Crippen molar-refractivity contribution in [1.29, 1.82) is 0 Å². The molecule has 2 aliphatic rings. The molecule has 2 atom stereocenters. The Kier molecular flexibility index (Phi) is 6.14. The second kappa shape index (κ2) is 9.00. The Hall–Kier alpha value is -3.39. The van der Waals surface area contributed by atoms with Gasteiger partial charge in [-0.3, -0.25) is 4.79 Å². The van der Waals surface area contributed by atoms with Gasteiger partial charge in [0, 0.05) is 18.9 Å². The third-order valence-electron chi connectivity index (χ3n) is 6.15. The van der Waals surface area contributed by atoms with E-state index in [1.807, 2.05) is 36.4 Å². The maximum Gasteiger partial charge on any atom is 0.407 e. The highest BCUT2D eigenvalue weighted by molar-refractivity contribution is 5.91. The van der Waals surface area contributed by atoms with Crippen LogP contribution in [0.15, 0.2) is 48.5 Å². The van der Waals surface area contributed by atoms with E-state index in [4.69, 9.17) is 9.47 Å². The Morgan fingerprint density at radius 2 is 1.75 bits per heavy atom. The first-order valence-corrected chi connectivity index (χ1v) is 10.7. The highest BCUT2D eigenvalue weighted by Crippen LogP contribution is 2.44. The number of alkyl carbamates (subject to hydrolysis) is 1. The summed E-state index contributed by atoms with van der Waals surface area (Å²) in [6.07, 6.45) is -0.261. The fourth-order valence-electron chi connectivity index (χ4n) is 4.34. The van der Waals surface area contributed by atoms with Gasteiger partial charge in [0.2, 0.25) is 5.91 Å². The Labute approximate surface area is 185 Å². The molecule has 8 nitrogen and oxygen atoms in total. The van der Waals surface area contributed by atoms with Crippen molar-refractivity contribution in [3.8, 4) is 11.1 Å². The number of fused-ring (bicyclic) bond motifs is 3. The van der Waals surface area contributed by atoms with Crippen LogP contribution in [0.5, 0.6) is 0 Å². The highest BCUT2D eigenvalue weighted by atomic mass is 16.5. The zero-order valence-electron chi connectivity index (χ0n) is 17.8. The minimum Gasteiger partial charge on any atom is -0.479 e. The van der Waals surface area contributed by atoms with Crippen LogP contribution in [0.25, 0.3) is 11.1 Å². The average molecular weight is 438 g/mol. The molecule has 0 aromatic heterocycles. The van der Waals surface area contributed by atoms with Gasteiger partial charge in [-0.2, -0.15) is 0 Å². The van der Waals surface area contributed by atoms with Crippen LogP contribution >= 0.6 is 0 Å². The van der Waals surface area contributed by atoms with Crippen molar-refractivity contribution in [1.82, 2.24) is 10.6 Å². The molecule has 2 aromatic carbocycles. The maximum absolute atomic E-state index is 12.7. The number of benzene rings is 2. The molecule has 2 unspecified atom stereocenters. The number of hydrogen-bond acceptors (Lipinski definition) is 5. The molecule has 3 N–H and O–H groups in total. The Morgan fingerprint density at radius 3 is 2.28 bits per heavy atom. The zero-order valence-corrected chi connectivity index (χ0v) is 17.8. The predicted molar refractivity (Wildman–Crippen MR) is 116 cm³/mol. The van der Waals surface area contributed by atoms with Gasteiger partial charge in [-0.15, -0.1) is 0 Å². The Bertz CT molecular complexity index is 985. The number of carboxylic acids is 1. The van der Waals surface area contributed by atoms with Crippen molar-refractivity contribution < 1.29 is 29.0 Å². The molecule has 1 saturated heterocycles. The molecule has 0 bridgehead atoms. The number of aliphatic carboxylic acids is 1. The van der Waals surface area contributed by atoms with Gasteiger partial charge in [0.1, 0.15) is 12.6 Å². The molecular weight excluding hydrogens is 412 g/mol. The van der Waals surface area contributed by atoms with Crippen molar-refractivity contribution in [2.45, 2.75) is 37.3 Å². The molecule has 1 heterocycles. The van der Waals surface area contributed by atoms with Gasteiger partial charge in [-0.25, -0.2) is 9.59 Å². The van der Waals surface area contributed by atoms with E-state index in [-0.39, 0.29) is 38.6 Å². The second-order valence-corrected chi connectivity index (χ2v) is 8.11. The summed E-state index contributed by atoms with van der Waals surface area (Å²) in [5, 5.41) is 14.6. The van der Waals surface area contributed by atoms with E-state index in [9.17, 15) is 19.5 Å². The summed E-state index contributed by atoms with van der Waals surface area (Å²) in [7, 11) is 0.